The largest absolute Gasteiger partial charge is 0.480 e. The second-order valence-corrected chi connectivity index (χ2v) is 12.9. The summed E-state index contributed by atoms with van der Waals surface area (Å²) in [4.78, 5) is 50.2. The smallest absolute Gasteiger partial charge is 0.326 e. The summed E-state index contributed by atoms with van der Waals surface area (Å²) >= 11 is 24.8. The highest BCUT2D eigenvalue weighted by molar-refractivity contribution is 6.35. The van der Waals surface area contributed by atoms with E-state index >= 15 is 0 Å². The van der Waals surface area contributed by atoms with Crippen LogP contribution in [0.2, 0.25) is 20.1 Å². The molecule has 0 saturated carbocycles. The zero-order valence-corrected chi connectivity index (χ0v) is 27.1. The number of carboxylic acids is 1. The normalized spacial score (nSPS) is 19.5. The van der Waals surface area contributed by atoms with Crippen LogP contribution in [0.4, 0.5) is 0 Å². The number of carbonyl (C=O) groups is 3. The summed E-state index contributed by atoms with van der Waals surface area (Å²) in [6.07, 6.45) is 2.63. The summed E-state index contributed by atoms with van der Waals surface area (Å²) in [6, 6.07) is 7.58. The summed E-state index contributed by atoms with van der Waals surface area (Å²) in [5.74, 6) is -2.46. The number of halogens is 4. The third kappa shape index (κ3) is 8.99. The van der Waals surface area contributed by atoms with Crippen molar-refractivity contribution in [3.05, 3.63) is 67.6 Å². The molecule has 10 nitrogen and oxygen atoms in total. The van der Waals surface area contributed by atoms with E-state index in [9.17, 15) is 19.5 Å². The number of imide groups is 1. The van der Waals surface area contributed by atoms with E-state index < -0.39 is 35.9 Å². The van der Waals surface area contributed by atoms with Crippen molar-refractivity contribution in [2.45, 2.75) is 69.7 Å². The number of aliphatic imine (C=N–C) groups is 1. The van der Waals surface area contributed by atoms with Gasteiger partial charge >= 0.3 is 5.97 Å². The molecule has 3 unspecified atom stereocenters. The Morgan fingerprint density at radius 2 is 1.25 bits per heavy atom. The van der Waals surface area contributed by atoms with Gasteiger partial charge in [0, 0.05) is 39.7 Å². The first-order valence-corrected chi connectivity index (χ1v) is 16.0. The minimum absolute atomic E-state index is 0.00314. The maximum Gasteiger partial charge on any atom is 0.326 e. The maximum absolute atomic E-state index is 14.3. The predicted octanol–water partition coefficient (Wildman–Crippen LogP) is 4.79. The maximum atomic E-state index is 14.3. The van der Waals surface area contributed by atoms with Crippen LogP contribution in [0.15, 0.2) is 41.4 Å². The molecule has 238 valence electrons. The lowest BCUT2D eigenvalue weighted by Gasteiger charge is -2.36. The molecule has 4 rings (SSSR count). The average molecular weight is 686 g/mol. The fraction of sp³-hybridized carbons (Fsp3) is 0.467. The third-order valence-corrected chi connectivity index (χ3v) is 8.79. The van der Waals surface area contributed by atoms with Crippen LogP contribution in [0.25, 0.3) is 0 Å². The Balaban J connectivity index is 1.63. The molecule has 44 heavy (non-hydrogen) atoms. The minimum atomic E-state index is -1.39. The van der Waals surface area contributed by atoms with E-state index in [1.165, 1.54) is 0 Å². The lowest BCUT2D eigenvalue weighted by molar-refractivity contribution is -0.162. The van der Waals surface area contributed by atoms with Gasteiger partial charge in [-0.1, -0.05) is 46.4 Å². The topological polar surface area (TPSA) is 146 Å². The number of guanidine groups is 1. The SMILES string of the molecule is NC(N)=NCCCC(C(=O)O)N(C(=O)C1CCCN1Cc1cc(Cl)cc(Cl)c1)C(=O)C1CCCN1Cc1cc(Cl)cc(Cl)c1. The van der Waals surface area contributed by atoms with Gasteiger partial charge in [-0.2, -0.15) is 0 Å². The van der Waals surface area contributed by atoms with Crippen LogP contribution in [0.5, 0.6) is 0 Å². The number of carboxylic acid groups (broad SMARTS) is 1. The molecule has 2 saturated heterocycles. The first kappa shape index (κ1) is 34.3. The predicted molar refractivity (Wildman–Crippen MR) is 173 cm³/mol. The fourth-order valence-corrected chi connectivity index (χ4v) is 7.20. The summed E-state index contributed by atoms with van der Waals surface area (Å²) in [5, 5.41) is 12.2. The van der Waals surface area contributed by atoms with Crippen molar-refractivity contribution < 1.29 is 19.5 Å². The molecule has 2 aromatic rings. The van der Waals surface area contributed by atoms with Gasteiger partial charge in [0.2, 0.25) is 11.8 Å². The lowest BCUT2D eigenvalue weighted by atomic mass is 10.0. The Kier molecular flexibility index (Phi) is 12.2. The number of hydrogen-bond donors (Lipinski definition) is 3. The molecule has 5 N–H and O–H groups in total. The van der Waals surface area contributed by atoms with Crippen LogP contribution in [-0.2, 0) is 27.5 Å². The van der Waals surface area contributed by atoms with Gasteiger partial charge in [-0.3, -0.25) is 29.3 Å². The van der Waals surface area contributed by atoms with E-state index in [1.54, 1.807) is 36.4 Å². The molecule has 0 radical (unpaired) electrons. The molecule has 2 amide bonds. The number of nitrogens with zero attached hydrogens (tertiary/aromatic N) is 4. The van der Waals surface area contributed by atoms with Crippen molar-refractivity contribution in [2.24, 2.45) is 16.5 Å². The number of aliphatic carboxylic acids is 1. The first-order valence-electron chi connectivity index (χ1n) is 14.5. The van der Waals surface area contributed by atoms with Gasteiger partial charge in [-0.05, 0) is 99.1 Å². The van der Waals surface area contributed by atoms with Crippen LogP contribution in [0.3, 0.4) is 0 Å². The molecule has 2 heterocycles. The number of carbonyl (C=O) groups excluding carboxylic acids is 2. The Hall–Kier alpha value is -2.60. The molecule has 0 spiro atoms. The highest BCUT2D eigenvalue weighted by Gasteiger charge is 2.45. The summed E-state index contributed by atoms with van der Waals surface area (Å²) in [7, 11) is 0. The number of nitrogens with two attached hydrogens (primary N) is 2. The molecule has 14 heteroatoms. The molecule has 3 atom stereocenters. The number of likely N-dealkylation sites (tertiary alicyclic amines) is 2. The molecule has 2 fully saturated rings. The number of benzene rings is 2. The van der Waals surface area contributed by atoms with Crippen LogP contribution in [-0.4, -0.2) is 81.3 Å². The van der Waals surface area contributed by atoms with Crippen molar-refractivity contribution in [3.63, 3.8) is 0 Å². The van der Waals surface area contributed by atoms with Crippen molar-refractivity contribution in [1.82, 2.24) is 14.7 Å². The molecule has 0 aromatic heterocycles. The van der Waals surface area contributed by atoms with Crippen LogP contribution < -0.4 is 11.5 Å². The Labute approximate surface area is 276 Å². The molecule has 0 aliphatic carbocycles. The molecule has 2 aromatic carbocycles. The van der Waals surface area contributed by atoms with Crippen LogP contribution in [0, 0.1) is 0 Å². The van der Waals surface area contributed by atoms with Gasteiger partial charge in [0.05, 0.1) is 12.1 Å². The Bertz CT molecular complexity index is 1280. The molecule has 2 aliphatic rings. The van der Waals surface area contributed by atoms with Gasteiger partial charge in [0.15, 0.2) is 5.96 Å². The summed E-state index contributed by atoms with van der Waals surface area (Å²) < 4.78 is 0. The van der Waals surface area contributed by atoms with Crippen molar-refractivity contribution in [1.29, 1.82) is 0 Å². The second kappa shape index (κ2) is 15.6. The van der Waals surface area contributed by atoms with Crippen molar-refractivity contribution >= 4 is 70.1 Å². The van der Waals surface area contributed by atoms with E-state index in [0.29, 0.717) is 72.0 Å². The highest BCUT2D eigenvalue weighted by Crippen LogP contribution is 2.30. The van der Waals surface area contributed by atoms with Gasteiger partial charge in [0.1, 0.15) is 6.04 Å². The molecular weight excluding hydrogens is 650 g/mol. The summed E-state index contributed by atoms with van der Waals surface area (Å²) in [6.45, 7) is 2.09. The van der Waals surface area contributed by atoms with Crippen molar-refractivity contribution in [2.75, 3.05) is 19.6 Å². The molecule has 2 aliphatic heterocycles. The monoisotopic (exact) mass is 684 g/mol. The number of amides is 2. The van der Waals surface area contributed by atoms with Gasteiger partial charge < -0.3 is 16.6 Å². The Morgan fingerprint density at radius 1 is 0.818 bits per heavy atom. The zero-order chi connectivity index (χ0) is 32.0. The highest BCUT2D eigenvalue weighted by atomic mass is 35.5. The standard InChI is InChI=1S/C30H36Cl4N6O4/c31-20-10-18(11-21(32)14-20)16-38-8-2-5-24(38)27(41)40(26(29(43)44)4-1-7-37-30(35)36)28(42)25-6-3-9-39(25)17-19-12-22(33)15-23(34)13-19/h10-15,24-26H,1-9,16-17H2,(H,43,44)(H4,35,36,37). The first-order chi connectivity index (χ1) is 20.9. The number of rotatable bonds is 12. The zero-order valence-electron chi connectivity index (χ0n) is 24.1. The summed E-state index contributed by atoms with van der Waals surface area (Å²) in [5.41, 5.74) is 12.5. The van der Waals surface area contributed by atoms with Gasteiger partial charge in [-0.25, -0.2) is 4.79 Å². The molecular formula is C30H36Cl4N6O4. The number of hydrogen-bond acceptors (Lipinski definition) is 6. The minimum Gasteiger partial charge on any atom is -0.480 e. The van der Waals surface area contributed by atoms with E-state index in [-0.39, 0.29) is 25.3 Å². The molecule has 0 bridgehead atoms. The van der Waals surface area contributed by atoms with E-state index in [1.807, 2.05) is 9.80 Å². The van der Waals surface area contributed by atoms with Crippen LogP contribution in [0.1, 0.15) is 49.7 Å². The second-order valence-electron chi connectivity index (χ2n) is 11.2. The third-order valence-electron chi connectivity index (χ3n) is 7.92. The quantitative estimate of drug-likeness (QED) is 0.125. The van der Waals surface area contributed by atoms with Gasteiger partial charge in [-0.15, -0.1) is 0 Å². The van der Waals surface area contributed by atoms with Crippen LogP contribution >= 0.6 is 46.4 Å². The van der Waals surface area contributed by atoms with Gasteiger partial charge in [0.25, 0.3) is 0 Å². The Morgan fingerprint density at radius 3 is 1.64 bits per heavy atom. The van der Waals surface area contributed by atoms with Crippen molar-refractivity contribution in [3.8, 4) is 0 Å². The van der Waals surface area contributed by atoms with E-state index in [0.717, 1.165) is 16.0 Å². The van der Waals surface area contributed by atoms with E-state index in [2.05, 4.69) is 4.99 Å². The lowest BCUT2D eigenvalue weighted by Crippen LogP contribution is -2.58. The fourth-order valence-electron chi connectivity index (χ4n) is 6.06. The average Bonchev–Trinajstić information content (AvgIpc) is 3.58. The van der Waals surface area contributed by atoms with E-state index in [4.69, 9.17) is 57.9 Å².